The smallest absolute Gasteiger partial charge is 0.228 e. The fourth-order valence-electron chi connectivity index (χ4n) is 2.30. The van der Waals surface area contributed by atoms with E-state index in [-0.39, 0.29) is 5.91 Å². The Morgan fingerprint density at radius 1 is 1.06 bits per heavy atom. The second-order valence-corrected chi connectivity index (χ2v) is 4.43. The van der Waals surface area contributed by atoms with Crippen LogP contribution in [0.1, 0.15) is 11.1 Å². The molecule has 84 valence electrons. The molecule has 1 heterocycles. The van der Waals surface area contributed by atoms with E-state index in [1.807, 2.05) is 31.2 Å². The van der Waals surface area contributed by atoms with Gasteiger partial charge in [-0.25, -0.2) is 0 Å². The summed E-state index contributed by atoms with van der Waals surface area (Å²) in [6, 6.07) is 14.3. The van der Waals surface area contributed by atoms with Crippen molar-refractivity contribution in [2.45, 2.75) is 13.3 Å². The van der Waals surface area contributed by atoms with Crippen molar-refractivity contribution in [3.63, 3.8) is 0 Å². The highest BCUT2D eigenvalue weighted by Gasteiger charge is 2.17. The van der Waals surface area contributed by atoms with Crippen LogP contribution in [-0.2, 0) is 11.2 Å². The molecular formula is C15H13NO. The summed E-state index contributed by atoms with van der Waals surface area (Å²) >= 11 is 0. The molecule has 0 saturated heterocycles. The third kappa shape index (κ3) is 1.72. The summed E-state index contributed by atoms with van der Waals surface area (Å²) in [6.07, 6.45) is 0.448. The van der Waals surface area contributed by atoms with Gasteiger partial charge in [-0.2, -0.15) is 0 Å². The van der Waals surface area contributed by atoms with Gasteiger partial charge in [0.05, 0.1) is 6.42 Å². The van der Waals surface area contributed by atoms with Crippen molar-refractivity contribution in [2.75, 3.05) is 5.32 Å². The zero-order valence-electron chi connectivity index (χ0n) is 9.66. The fourth-order valence-corrected chi connectivity index (χ4v) is 2.30. The number of hydrogen-bond donors (Lipinski definition) is 1. The molecule has 0 aliphatic carbocycles. The maximum Gasteiger partial charge on any atom is 0.228 e. The molecule has 2 heteroatoms. The second kappa shape index (κ2) is 3.74. The van der Waals surface area contributed by atoms with Gasteiger partial charge in [0.15, 0.2) is 0 Å². The first-order valence-corrected chi connectivity index (χ1v) is 5.73. The van der Waals surface area contributed by atoms with Gasteiger partial charge in [-0.15, -0.1) is 0 Å². The number of anilines is 1. The van der Waals surface area contributed by atoms with E-state index in [2.05, 4.69) is 23.5 Å². The van der Waals surface area contributed by atoms with Gasteiger partial charge >= 0.3 is 0 Å². The summed E-state index contributed by atoms with van der Waals surface area (Å²) in [7, 11) is 0. The van der Waals surface area contributed by atoms with Crippen LogP contribution in [0.5, 0.6) is 0 Å². The van der Waals surface area contributed by atoms with Gasteiger partial charge in [0.25, 0.3) is 0 Å². The number of nitrogens with one attached hydrogen (secondary N) is 1. The Labute approximate surface area is 100 Å². The monoisotopic (exact) mass is 223 g/mol. The Kier molecular flexibility index (Phi) is 2.22. The standard InChI is InChI=1S/C15H13NO/c1-10-6-7-13-12-5-3-2-4-11(12)9-15(17)16-14(13)8-10/h2-8H,9H2,1H3,(H,16,17). The van der Waals surface area contributed by atoms with Crippen molar-refractivity contribution in [2.24, 2.45) is 0 Å². The molecule has 0 bridgehead atoms. The van der Waals surface area contributed by atoms with E-state index < -0.39 is 0 Å². The van der Waals surface area contributed by atoms with Crippen molar-refractivity contribution in [3.05, 3.63) is 53.6 Å². The summed E-state index contributed by atoms with van der Waals surface area (Å²) < 4.78 is 0. The van der Waals surface area contributed by atoms with Crippen molar-refractivity contribution in [1.29, 1.82) is 0 Å². The number of aryl methyl sites for hydroxylation is 1. The molecule has 2 aromatic rings. The summed E-state index contributed by atoms with van der Waals surface area (Å²) in [5, 5.41) is 2.97. The van der Waals surface area contributed by atoms with E-state index in [0.717, 1.165) is 27.9 Å². The van der Waals surface area contributed by atoms with Crippen LogP contribution in [0.25, 0.3) is 11.1 Å². The van der Waals surface area contributed by atoms with E-state index >= 15 is 0 Å². The number of carbonyl (C=O) groups excluding carboxylic acids is 1. The molecule has 2 aromatic carbocycles. The van der Waals surface area contributed by atoms with Gasteiger partial charge in [-0.05, 0) is 29.7 Å². The molecule has 17 heavy (non-hydrogen) atoms. The lowest BCUT2D eigenvalue weighted by Crippen LogP contribution is -2.12. The SMILES string of the molecule is Cc1ccc2c(c1)NC(=O)Cc1ccccc1-2. The quantitative estimate of drug-likeness (QED) is 0.730. The van der Waals surface area contributed by atoms with Gasteiger partial charge in [0.2, 0.25) is 5.91 Å². The number of amides is 1. The van der Waals surface area contributed by atoms with Gasteiger partial charge in [0.1, 0.15) is 0 Å². The Morgan fingerprint density at radius 3 is 2.76 bits per heavy atom. The number of rotatable bonds is 0. The first kappa shape index (κ1) is 10.1. The number of carbonyl (C=O) groups is 1. The number of fused-ring (bicyclic) bond motifs is 3. The van der Waals surface area contributed by atoms with Crippen molar-refractivity contribution < 1.29 is 4.79 Å². The highest BCUT2D eigenvalue weighted by molar-refractivity contribution is 6.00. The van der Waals surface area contributed by atoms with E-state index in [0.29, 0.717) is 6.42 Å². The first-order chi connectivity index (χ1) is 8.24. The molecule has 0 aromatic heterocycles. The van der Waals surface area contributed by atoms with Crippen LogP contribution in [-0.4, -0.2) is 5.91 Å². The summed E-state index contributed by atoms with van der Waals surface area (Å²) in [4.78, 5) is 11.8. The largest absolute Gasteiger partial charge is 0.325 e. The van der Waals surface area contributed by atoms with Crippen LogP contribution in [0.4, 0.5) is 5.69 Å². The van der Waals surface area contributed by atoms with Gasteiger partial charge in [-0.1, -0.05) is 36.4 Å². The minimum absolute atomic E-state index is 0.0572. The maximum atomic E-state index is 11.8. The average molecular weight is 223 g/mol. The van der Waals surface area contributed by atoms with Crippen LogP contribution >= 0.6 is 0 Å². The van der Waals surface area contributed by atoms with Crippen molar-refractivity contribution >= 4 is 11.6 Å². The Hall–Kier alpha value is -2.09. The maximum absolute atomic E-state index is 11.8. The zero-order valence-corrected chi connectivity index (χ0v) is 9.66. The molecular weight excluding hydrogens is 210 g/mol. The molecule has 1 amide bonds. The van der Waals surface area contributed by atoms with E-state index in [9.17, 15) is 4.79 Å². The molecule has 3 rings (SSSR count). The minimum atomic E-state index is 0.0572. The van der Waals surface area contributed by atoms with Crippen LogP contribution in [0.15, 0.2) is 42.5 Å². The Bertz CT molecular complexity index is 602. The lowest BCUT2D eigenvalue weighted by Gasteiger charge is -2.09. The summed E-state index contributed by atoms with van der Waals surface area (Å²) in [5.74, 6) is 0.0572. The highest BCUT2D eigenvalue weighted by atomic mass is 16.1. The highest BCUT2D eigenvalue weighted by Crippen LogP contribution is 2.34. The van der Waals surface area contributed by atoms with Gasteiger partial charge in [-0.3, -0.25) is 4.79 Å². The molecule has 0 unspecified atom stereocenters. The molecule has 0 saturated carbocycles. The van der Waals surface area contributed by atoms with Crippen LogP contribution in [0.3, 0.4) is 0 Å². The number of hydrogen-bond acceptors (Lipinski definition) is 1. The average Bonchev–Trinajstić information content (AvgIpc) is 2.43. The third-order valence-corrected chi connectivity index (χ3v) is 3.11. The molecule has 0 atom stereocenters. The third-order valence-electron chi connectivity index (χ3n) is 3.11. The molecule has 1 aliphatic rings. The predicted molar refractivity (Wildman–Crippen MR) is 68.9 cm³/mol. The summed E-state index contributed by atoms with van der Waals surface area (Å²) in [6.45, 7) is 2.03. The Morgan fingerprint density at radius 2 is 1.88 bits per heavy atom. The Balaban J connectivity index is 2.29. The first-order valence-electron chi connectivity index (χ1n) is 5.73. The summed E-state index contributed by atoms with van der Waals surface area (Å²) in [5.41, 5.74) is 5.42. The molecule has 2 nitrogen and oxygen atoms in total. The minimum Gasteiger partial charge on any atom is -0.325 e. The molecule has 1 N–H and O–H groups in total. The van der Waals surface area contributed by atoms with Gasteiger partial charge in [0, 0.05) is 11.3 Å². The molecule has 0 radical (unpaired) electrons. The van der Waals surface area contributed by atoms with Crippen molar-refractivity contribution in [3.8, 4) is 11.1 Å². The lowest BCUT2D eigenvalue weighted by atomic mass is 9.97. The fraction of sp³-hybridized carbons (Fsp3) is 0.133. The van der Waals surface area contributed by atoms with Crippen LogP contribution in [0.2, 0.25) is 0 Å². The molecule has 0 spiro atoms. The van der Waals surface area contributed by atoms with E-state index in [1.54, 1.807) is 0 Å². The molecule has 1 aliphatic heterocycles. The number of benzene rings is 2. The van der Waals surface area contributed by atoms with E-state index in [4.69, 9.17) is 0 Å². The van der Waals surface area contributed by atoms with E-state index in [1.165, 1.54) is 0 Å². The zero-order chi connectivity index (χ0) is 11.8. The predicted octanol–water partition coefficient (Wildman–Crippen LogP) is 3.16. The lowest BCUT2D eigenvalue weighted by molar-refractivity contribution is -0.115. The molecule has 0 fully saturated rings. The van der Waals surface area contributed by atoms with Crippen LogP contribution in [0, 0.1) is 6.92 Å². The normalized spacial score (nSPS) is 13.4. The van der Waals surface area contributed by atoms with Gasteiger partial charge < -0.3 is 5.32 Å². The van der Waals surface area contributed by atoms with Crippen LogP contribution < -0.4 is 5.32 Å². The topological polar surface area (TPSA) is 29.1 Å². The second-order valence-electron chi connectivity index (χ2n) is 4.43. The van der Waals surface area contributed by atoms with Crippen molar-refractivity contribution in [1.82, 2.24) is 0 Å².